The summed E-state index contributed by atoms with van der Waals surface area (Å²) in [6.07, 6.45) is 12.1. The fourth-order valence-electron chi connectivity index (χ4n) is 3.95. The first kappa shape index (κ1) is 10.5. The molecule has 14 heavy (non-hydrogen) atoms. The minimum Gasteiger partial charge on any atom is -0.0654 e. The molecule has 0 heterocycles. The molecule has 2 rings (SSSR count). The molecule has 0 spiro atoms. The quantitative estimate of drug-likeness (QED) is 0.559. The van der Waals surface area contributed by atoms with Crippen molar-refractivity contribution >= 4 is 0 Å². The van der Waals surface area contributed by atoms with E-state index >= 15 is 0 Å². The second-order valence-corrected chi connectivity index (χ2v) is 5.56. The molecule has 0 aromatic carbocycles. The zero-order valence-electron chi connectivity index (χ0n) is 9.97. The molecule has 0 aromatic heterocycles. The molecule has 0 aliphatic heterocycles. The van der Waals surface area contributed by atoms with Gasteiger partial charge in [0.25, 0.3) is 0 Å². The molecule has 2 aliphatic rings. The van der Waals surface area contributed by atoms with Crippen molar-refractivity contribution in [2.24, 2.45) is 23.7 Å². The maximum atomic E-state index is 2.38. The van der Waals surface area contributed by atoms with E-state index in [9.17, 15) is 0 Å². The largest absolute Gasteiger partial charge is 0.0654 e. The zero-order valence-corrected chi connectivity index (χ0v) is 9.97. The zero-order chi connectivity index (χ0) is 9.97. The van der Waals surface area contributed by atoms with Crippen molar-refractivity contribution in [1.29, 1.82) is 0 Å². The molecule has 4 unspecified atom stereocenters. The number of fused-ring (bicyclic) bond motifs is 1. The highest BCUT2D eigenvalue weighted by atomic mass is 14.5. The summed E-state index contributed by atoms with van der Waals surface area (Å²) in [5, 5.41) is 0. The number of rotatable bonds is 5. The molecule has 82 valence electrons. The molecule has 0 N–H and O–H groups in total. The van der Waals surface area contributed by atoms with Crippen LogP contribution in [0, 0.1) is 23.7 Å². The Morgan fingerprint density at radius 3 is 2.50 bits per heavy atom. The van der Waals surface area contributed by atoms with Crippen molar-refractivity contribution in [3.05, 3.63) is 0 Å². The van der Waals surface area contributed by atoms with Gasteiger partial charge in [0.05, 0.1) is 0 Å². The van der Waals surface area contributed by atoms with Gasteiger partial charge in [-0.2, -0.15) is 0 Å². The summed E-state index contributed by atoms with van der Waals surface area (Å²) in [6, 6.07) is 0. The van der Waals surface area contributed by atoms with Crippen LogP contribution in [0.2, 0.25) is 0 Å². The van der Waals surface area contributed by atoms with E-state index in [2.05, 4.69) is 13.8 Å². The van der Waals surface area contributed by atoms with Crippen LogP contribution in [0.3, 0.4) is 0 Å². The molecular formula is C14H26. The average molecular weight is 194 g/mol. The fourth-order valence-corrected chi connectivity index (χ4v) is 3.95. The number of hydrogen-bond acceptors (Lipinski definition) is 0. The van der Waals surface area contributed by atoms with E-state index in [1.807, 2.05) is 0 Å². The standard InChI is InChI=1S/C14H26/c1-3-5-6-7-12-8-9-13-11(4-2)10-14(12)13/h11-14H,3-10H2,1-2H3. The third kappa shape index (κ3) is 1.85. The topological polar surface area (TPSA) is 0 Å². The van der Waals surface area contributed by atoms with Gasteiger partial charge in [-0.05, 0) is 42.9 Å². The molecule has 0 bridgehead atoms. The Morgan fingerprint density at radius 1 is 0.929 bits per heavy atom. The SMILES string of the molecule is CCCCCC1CCC2C(CC)CC12. The molecule has 0 radical (unpaired) electrons. The summed E-state index contributed by atoms with van der Waals surface area (Å²) >= 11 is 0. The molecule has 0 aromatic rings. The van der Waals surface area contributed by atoms with E-state index in [1.165, 1.54) is 25.7 Å². The Hall–Kier alpha value is 0. The summed E-state index contributed by atoms with van der Waals surface area (Å²) in [7, 11) is 0. The third-order valence-corrected chi connectivity index (χ3v) is 4.91. The van der Waals surface area contributed by atoms with Crippen LogP contribution in [-0.2, 0) is 0 Å². The van der Waals surface area contributed by atoms with Crippen molar-refractivity contribution < 1.29 is 0 Å². The van der Waals surface area contributed by atoms with Crippen molar-refractivity contribution in [3.63, 3.8) is 0 Å². The second kappa shape index (κ2) is 4.68. The first-order chi connectivity index (χ1) is 6.86. The molecule has 4 atom stereocenters. The Labute approximate surface area is 89.5 Å². The lowest BCUT2D eigenvalue weighted by Gasteiger charge is -2.42. The van der Waals surface area contributed by atoms with Gasteiger partial charge in [0.1, 0.15) is 0 Å². The van der Waals surface area contributed by atoms with Crippen LogP contribution >= 0.6 is 0 Å². The summed E-state index contributed by atoms with van der Waals surface area (Å²) in [5.74, 6) is 4.58. The van der Waals surface area contributed by atoms with Crippen molar-refractivity contribution in [2.75, 3.05) is 0 Å². The van der Waals surface area contributed by atoms with E-state index < -0.39 is 0 Å². The van der Waals surface area contributed by atoms with Crippen LogP contribution in [0.1, 0.15) is 65.2 Å². The summed E-state index contributed by atoms with van der Waals surface area (Å²) < 4.78 is 0. The van der Waals surface area contributed by atoms with Crippen LogP contribution < -0.4 is 0 Å². The lowest BCUT2D eigenvalue weighted by atomic mass is 9.63. The molecule has 2 saturated carbocycles. The van der Waals surface area contributed by atoms with E-state index in [1.54, 1.807) is 25.7 Å². The van der Waals surface area contributed by atoms with Crippen LogP contribution in [0.5, 0.6) is 0 Å². The van der Waals surface area contributed by atoms with Gasteiger partial charge in [-0.1, -0.05) is 46.0 Å². The molecule has 2 fully saturated rings. The van der Waals surface area contributed by atoms with Gasteiger partial charge in [0, 0.05) is 0 Å². The Morgan fingerprint density at radius 2 is 1.79 bits per heavy atom. The van der Waals surface area contributed by atoms with Gasteiger partial charge in [0.2, 0.25) is 0 Å². The van der Waals surface area contributed by atoms with Crippen LogP contribution in [-0.4, -0.2) is 0 Å². The molecular weight excluding hydrogens is 168 g/mol. The summed E-state index contributed by atoms with van der Waals surface area (Å²) in [4.78, 5) is 0. The number of unbranched alkanes of at least 4 members (excludes halogenated alkanes) is 2. The van der Waals surface area contributed by atoms with Crippen LogP contribution in [0.4, 0.5) is 0 Å². The maximum Gasteiger partial charge on any atom is -0.0352 e. The van der Waals surface area contributed by atoms with Gasteiger partial charge in [-0.25, -0.2) is 0 Å². The van der Waals surface area contributed by atoms with Crippen molar-refractivity contribution in [1.82, 2.24) is 0 Å². The number of hydrogen-bond donors (Lipinski definition) is 0. The van der Waals surface area contributed by atoms with Gasteiger partial charge in [-0.3, -0.25) is 0 Å². The van der Waals surface area contributed by atoms with Gasteiger partial charge >= 0.3 is 0 Å². The Kier molecular flexibility index (Phi) is 3.52. The Bertz CT molecular complexity index is 173. The van der Waals surface area contributed by atoms with Crippen LogP contribution in [0.15, 0.2) is 0 Å². The lowest BCUT2D eigenvalue weighted by molar-refractivity contribution is 0.0673. The monoisotopic (exact) mass is 194 g/mol. The van der Waals surface area contributed by atoms with E-state index in [-0.39, 0.29) is 0 Å². The average Bonchev–Trinajstić information content (AvgIpc) is 2.45. The van der Waals surface area contributed by atoms with Gasteiger partial charge < -0.3 is 0 Å². The normalized spacial score (nSPS) is 40.7. The van der Waals surface area contributed by atoms with Crippen molar-refractivity contribution in [3.8, 4) is 0 Å². The highest BCUT2D eigenvalue weighted by Gasteiger charge is 2.47. The third-order valence-electron chi connectivity index (χ3n) is 4.91. The maximum absolute atomic E-state index is 2.38. The second-order valence-electron chi connectivity index (χ2n) is 5.56. The highest BCUT2D eigenvalue weighted by molar-refractivity contribution is 4.97. The van der Waals surface area contributed by atoms with Gasteiger partial charge in [-0.15, -0.1) is 0 Å². The fraction of sp³-hybridized carbons (Fsp3) is 1.00. The minimum absolute atomic E-state index is 1.12. The molecule has 0 heteroatoms. The molecule has 0 nitrogen and oxygen atoms in total. The lowest BCUT2D eigenvalue weighted by Crippen LogP contribution is -2.35. The van der Waals surface area contributed by atoms with E-state index in [4.69, 9.17) is 0 Å². The first-order valence-electron chi connectivity index (χ1n) is 6.86. The smallest absolute Gasteiger partial charge is 0.0352 e. The Balaban J connectivity index is 1.71. The molecule has 0 saturated heterocycles. The molecule has 0 amide bonds. The van der Waals surface area contributed by atoms with Gasteiger partial charge in [0.15, 0.2) is 0 Å². The first-order valence-corrected chi connectivity index (χ1v) is 6.86. The van der Waals surface area contributed by atoms with Crippen molar-refractivity contribution in [2.45, 2.75) is 65.2 Å². The minimum atomic E-state index is 1.12. The highest BCUT2D eigenvalue weighted by Crippen LogP contribution is 2.56. The molecule has 2 aliphatic carbocycles. The van der Waals surface area contributed by atoms with E-state index in [0.717, 1.165) is 23.7 Å². The predicted octanol–water partition coefficient (Wildman–Crippen LogP) is 4.64. The predicted molar refractivity (Wildman–Crippen MR) is 62.2 cm³/mol. The van der Waals surface area contributed by atoms with Crippen LogP contribution in [0.25, 0.3) is 0 Å². The summed E-state index contributed by atoms with van der Waals surface area (Å²) in [5.41, 5.74) is 0. The van der Waals surface area contributed by atoms with E-state index in [0.29, 0.717) is 0 Å². The summed E-state index contributed by atoms with van der Waals surface area (Å²) in [6.45, 7) is 4.69.